The van der Waals surface area contributed by atoms with Crippen LogP contribution in [0.3, 0.4) is 0 Å². The van der Waals surface area contributed by atoms with E-state index in [0.717, 1.165) is 5.56 Å². The van der Waals surface area contributed by atoms with Crippen LogP contribution in [0.5, 0.6) is 0 Å². The lowest BCUT2D eigenvalue weighted by molar-refractivity contribution is 0.186. The van der Waals surface area contributed by atoms with Gasteiger partial charge in [-0.2, -0.15) is 0 Å². The summed E-state index contributed by atoms with van der Waals surface area (Å²) in [5, 5.41) is 9.22. The number of rotatable bonds is 5. The average molecular weight is 301 g/mol. The van der Waals surface area contributed by atoms with Crippen LogP contribution in [0.15, 0.2) is 18.2 Å². The third kappa shape index (κ3) is 3.06. The molecule has 1 aromatic carbocycles. The first-order valence-electron chi connectivity index (χ1n) is 5.74. The molecule has 0 aliphatic heterocycles. The van der Waals surface area contributed by atoms with Gasteiger partial charge in [0.25, 0.3) is 0 Å². The topological polar surface area (TPSA) is 66.0 Å². The van der Waals surface area contributed by atoms with Crippen LogP contribution in [-0.2, 0) is 17.8 Å². The summed E-state index contributed by atoms with van der Waals surface area (Å²) in [7, 11) is 1.64. The van der Waals surface area contributed by atoms with Crippen molar-refractivity contribution in [1.29, 1.82) is 0 Å². The Kier molecular flexibility index (Phi) is 4.76. The minimum absolute atomic E-state index is 0.317. The van der Waals surface area contributed by atoms with Gasteiger partial charge in [0, 0.05) is 19.2 Å². The van der Waals surface area contributed by atoms with Gasteiger partial charge in [0.2, 0.25) is 0 Å². The van der Waals surface area contributed by atoms with Gasteiger partial charge >= 0.3 is 0 Å². The Morgan fingerprint density at radius 3 is 2.68 bits per heavy atom. The van der Waals surface area contributed by atoms with Gasteiger partial charge in [-0.15, -0.1) is 10.2 Å². The number of nitrogens with two attached hydrogens (primary N) is 1. The van der Waals surface area contributed by atoms with Crippen molar-refractivity contribution in [1.82, 2.24) is 14.8 Å². The van der Waals surface area contributed by atoms with Crippen molar-refractivity contribution >= 4 is 23.2 Å². The van der Waals surface area contributed by atoms with E-state index in [4.69, 9.17) is 33.7 Å². The van der Waals surface area contributed by atoms with E-state index in [0.29, 0.717) is 41.4 Å². The van der Waals surface area contributed by atoms with Crippen LogP contribution in [0, 0.1) is 0 Å². The summed E-state index contributed by atoms with van der Waals surface area (Å²) in [4.78, 5) is 0. The summed E-state index contributed by atoms with van der Waals surface area (Å²) < 4.78 is 7.00. The van der Waals surface area contributed by atoms with Crippen LogP contribution in [0.25, 0.3) is 11.4 Å². The molecular formula is C12H14Cl2N4O. The SMILES string of the molecule is COCCn1c(CN)nnc1-c1ccc(Cl)c(Cl)c1. The molecule has 102 valence electrons. The van der Waals surface area contributed by atoms with Crippen molar-refractivity contribution < 1.29 is 4.74 Å². The molecule has 0 saturated heterocycles. The molecule has 0 fully saturated rings. The molecule has 19 heavy (non-hydrogen) atoms. The molecule has 0 saturated carbocycles. The highest BCUT2D eigenvalue weighted by Crippen LogP contribution is 2.27. The Hall–Kier alpha value is -1.14. The molecule has 0 amide bonds. The second-order valence-electron chi connectivity index (χ2n) is 3.92. The summed E-state index contributed by atoms with van der Waals surface area (Å²) in [5.74, 6) is 1.41. The van der Waals surface area contributed by atoms with E-state index >= 15 is 0 Å². The zero-order valence-electron chi connectivity index (χ0n) is 10.4. The van der Waals surface area contributed by atoms with Crippen molar-refractivity contribution in [2.75, 3.05) is 13.7 Å². The third-order valence-electron chi connectivity index (χ3n) is 2.71. The van der Waals surface area contributed by atoms with Gasteiger partial charge in [-0.3, -0.25) is 0 Å². The monoisotopic (exact) mass is 300 g/mol. The molecule has 0 aliphatic rings. The van der Waals surface area contributed by atoms with Crippen LogP contribution in [0.1, 0.15) is 5.82 Å². The first-order chi connectivity index (χ1) is 9.17. The quantitative estimate of drug-likeness (QED) is 0.920. The fraction of sp³-hybridized carbons (Fsp3) is 0.333. The van der Waals surface area contributed by atoms with Gasteiger partial charge in [0.1, 0.15) is 5.82 Å². The Morgan fingerprint density at radius 1 is 1.26 bits per heavy atom. The molecule has 1 aromatic heterocycles. The number of hydrogen-bond donors (Lipinski definition) is 1. The Morgan fingerprint density at radius 2 is 2.05 bits per heavy atom. The summed E-state index contributed by atoms with van der Waals surface area (Å²) >= 11 is 11.9. The molecule has 2 aromatic rings. The van der Waals surface area contributed by atoms with E-state index in [1.165, 1.54) is 0 Å². The third-order valence-corrected chi connectivity index (χ3v) is 3.45. The molecule has 0 bridgehead atoms. The summed E-state index contributed by atoms with van der Waals surface area (Å²) in [5.41, 5.74) is 6.50. The van der Waals surface area contributed by atoms with Crippen LogP contribution < -0.4 is 5.73 Å². The van der Waals surface area contributed by atoms with Crippen LogP contribution in [0.2, 0.25) is 10.0 Å². The number of hydrogen-bond acceptors (Lipinski definition) is 4. The largest absolute Gasteiger partial charge is 0.383 e. The van der Waals surface area contributed by atoms with Crippen molar-refractivity contribution in [3.8, 4) is 11.4 Å². The first-order valence-corrected chi connectivity index (χ1v) is 6.49. The number of aromatic nitrogens is 3. The fourth-order valence-electron chi connectivity index (χ4n) is 1.75. The highest BCUT2D eigenvalue weighted by atomic mass is 35.5. The van der Waals surface area contributed by atoms with Gasteiger partial charge in [-0.25, -0.2) is 0 Å². The van der Waals surface area contributed by atoms with Crippen molar-refractivity contribution in [2.45, 2.75) is 13.1 Å². The number of nitrogens with zero attached hydrogens (tertiary/aromatic N) is 3. The van der Waals surface area contributed by atoms with Gasteiger partial charge in [0.05, 0.1) is 23.2 Å². The minimum Gasteiger partial charge on any atom is -0.383 e. The maximum Gasteiger partial charge on any atom is 0.164 e. The molecule has 0 radical (unpaired) electrons. The zero-order chi connectivity index (χ0) is 13.8. The molecule has 0 unspecified atom stereocenters. The predicted molar refractivity (Wildman–Crippen MR) is 75.2 cm³/mol. The molecule has 0 aliphatic carbocycles. The van der Waals surface area contributed by atoms with Gasteiger partial charge in [-0.1, -0.05) is 23.2 Å². The number of halogens is 2. The predicted octanol–water partition coefficient (Wildman–Crippen LogP) is 2.36. The smallest absolute Gasteiger partial charge is 0.164 e. The average Bonchev–Trinajstić information content (AvgIpc) is 2.82. The van der Waals surface area contributed by atoms with E-state index in [1.807, 2.05) is 10.6 Å². The van der Waals surface area contributed by atoms with Crippen molar-refractivity contribution in [2.24, 2.45) is 5.73 Å². The van der Waals surface area contributed by atoms with E-state index in [9.17, 15) is 0 Å². The maximum absolute atomic E-state index is 6.02. The Balaban J connectivity index is 2.42. The molecule has 1 heterocycles. The standard InChI is InChI=1S/C12H14Cl2N4O/c1-19-5-4-18-11(7-15)16-17-12(18)8-2-3-9(13)10(14)6-8/h2-3,6H,4-5,7,15H2,1H3. The van der Waals surface area contributed by atoms with Crippen LogP contribution in [0.4, 0.5) is 0 Å². The fourth-order valence-corrected chi connectivity index (χ4v) is 2.05. The molecule has 2 N–H and O–H groups in total. The summed E-state index contributed by atoms with van der Waals surface area (Å²) in [6.07, 6.45) is 0. The Bertz CT molecular complexity index is 571. The highest BCUT2D eigenvalue weighted by molar-refractivity contribution is 6.42. The van der Waals surface area contributed by atoms with Crippen molar-refractivity contribution in [3.63, 3.8) is 0 Å². The molecular weight excluding hydrogens is 287 g/mol. The van der Waals surface area contributed by atoms with Gasteiger partial charge in [0.15, 0.2) is 5.82 Å². The van der Waals surface area contributed by atoms with Gasteiger partial charge < -0.3 is 15.0 Å². The van der Waals surface area contributed by atoms with E-state index in [-0.39, 0.29) is 0 Å². The zero-order valence-corrected chi connectivity index (χ0v) is 11.9. The normalized spacial score (nSPS) is 10.9. The number of benzene rings is 1. The molecule has 0 atom stereocenters. The molecule has 0 spiro atoms. The van der Waals surface area contributed by atoms with Crippen molar-refractivity contribution in [3.05, 3.63) is 34.1 Å². The molecule has 5 nitrogen and oxygen atoms in total. The lowest BCUT2D eigenvalue weighted by Crippen LogP contribution is -2.12. The maximum atomic E-state index is 6.02. The highest BCUT2D eigenvalue weighted by Gasteiger charge is 2.13. The minimum atomic E-state index is 0.317. The van der Waals surface area contributed by atoms with E-state index < -0.39 is 0 Å². The Labute approximate surface area is 121 Å². The summed E-state index contributed by atoms with van der Waals surface area (Å²) in [6, 6.07) is 5.34. The number of methoxy groups -OCH3 is 1. The summed E-state index contributed by atoms with van der Waals surface area (Å²) in [6.45, 7) is 1.50. The lowest BCUT2D eigenvalue weighted by atomic mass is 10.2. The van der Waals surface area contributed by atoms with E-state index in [1.54, 1.807) is 19.2 Å². The van der Waals surface area contributed by atoms with Crippen LogP contribution >= 0.6 is 23.2 Å². The lowest BCUT2D eigenvalue weighted by Gasteiger charge is -2.09. The van der Waals surface area contributed by atoms with E-state index in [2.05, 4.69) is 10.2 Å². The number of ether oxygens (including phenoxy) is 1. The van der Waals surface area contributed by atoms with Gasteiger partial charge in [-0.05, 0) is 18.2 Å². The molecule has 2 rings (SSSR count). The van der Waals surface area contributed by atoms with Crippen LogP contribution in [-0.4, -0.2) is 28.5 Å². The molecule has 7 heteroatoms. The first kappa shape index (κ1) is 14.3. The second-order valence-corrected chi connectivity index (χ2v) is 4.73. The second kappa shape index (κ2) is 6.34.